The molecule has 1 aromatic heterocycles. The first-order valence-electron chi connectivity index (χ1n) is 12.9. The van der Waals surface area contributed by atoms with Gasteiger partial charge in [0.25, 0.3) is 0 Å². The number of likely N-dealkylation sites (tertiary alicyclic amines) is 1. The minimum absolute atomic E-state index is 0.0321. The largest absolute Gasteiger partial charge is 0.417 e. The normalized spacial score (nSPS) is 25.6. The molecule has 38 heavy (non-hydrogen) atoms. The molecule has 2 fully saturated rings. The number of anilines is 1. The van der Waals surface area contributed by atoms with Gasteiger partial charge in [0.15, 0.2) is 0 Å². The number of aromatic nitrogens is 1. The molecule has 4 heterocycles. The average Bonchev–Trinajstić information content (AvgIpc) is 3.58. The minimum atomic E-state index is -4.47. The lowest BCUT2D eigenvalue weighted by Gasteiger charge is -2.37. The molecule has 0 N–H and O–H groups in total. The van der Waals surface area contributed by atoms with Crippen molar-refractivity contribution in [3.63, 3.8) is 0 Å². The molecule has 2 atom stereocenters. The van der Waals surface area contributed by atoms with Crippen LogP contribution in [-0.2, 0) is 41.3 Å². The van der Waals surface area contributed by atoms with Crippen molar-refractivity contribution in [2.45, 2.75) is 56.3 Å². The number of halogens is 3. The number of hydrogen-bond acceptors (Lipinski definition) is 5. The predicted molar refractivity (Wildman–Crippen MR) is 135 cm³/mol. The van der Waals surface area contributed by atoms with Crippen molar-refractivity contribution in [1.29, 1.82) is 0 Å². The third-order valence-corrected chi connectivity index (χ3v) is 9.68. The van der Waals surface area contributed by atoms with Crippen LogP contribution in [0.5, 0.6) is 0 Å². The van der Waals surface area contributed by atoms with E-state index in [2.05, 4.69) is 9.88 Å². The van der Waals surface area contributed by atoms with Gasteiger partial charge in [-0.15, -0.1) is 0 Å². The molecule has 0 radical (unpaired) electrons. The van der Waals surface area contributed by atoms with Crippen LogP contribution in [-0.4, -0.2) is 56.8 Å². The fraction of sp³-hybridized carbons (Fsp3) is 0.519. The summed E-state index contributed by atoms with van der Waals surface area (Å²) in [6.45, 7) is 2.53. The van der Waals surface area contributed by atoms with Crippen molar-refractivity contribution in [3.05, 3.63) is 52.8 Å². The zero-order valence-corrected chi connectivity index (χ0v) is 21.9. The van der Waals surface area contributed by atoms with Crippen molar-refractivity contribution >= 4 is 27.6 Å². The summed E-state index contributed by atoms with van der Waals surface area (Å²) in [5.74, 6) is 0.550. The Morgan fingerprint density at radius 3 is 2.74 bits per heavy atom. The van der Waals surface area contributed by atoms with E-state index in [1.807, 2.05) is 12.1 Å². The summed E-state index contributed by atoms with van der Waals surface area (Å²) in [7, 11) is -0.0522. The van der Waals surface area contributed by atoms with Crippen molar-refractivity contribution in [2.24, 2.45) is 11.3 Å². The lowest BCUT2D eigenvalue weighted by atomic mass is 9.79. The number of hydrogen-bond donors (Lipinski definition) is 0. The molecule has 2 unspecified atom stereocenters. The molecular weight excluding hydrogens is 517 g/mol. The Kier molecular flexibility index (Phi) is 6.14. The molecule has 1 aromatic carbocycles. The lowest BCUT2D eigenvalue weighted by Crippen LogP contribution is -2.47. The molecule has 1 saturated heterocycles. The third-order valence-electron chi connectivity index (χ3n) is 8.34. The van der Waals surface area contributed by atoms with Gasteiger partial charge in [-0.2, -0.15) is 13.2 Å². The summed E-state index contributed by atoms with van der Waals surface area (Å²) in [6.07, 6.45) is 0.586. The summed E-state index contributed by atoms with van der Waals surface area (Å²) in [4.78, 5) is 36.1. The molecule has 0 spiro atoms. The first-order valence-corrected chi connectivity index (χ1v) is 14.1. The number of rotatable bonds is 5. The van der Waals surface area contributed by atoms with Crippen LogP contribution in [0.4, 0.5) is 23.7 Å². The van der Waals surface area contributed by atoms with Crippen LogP contribution in [0.2, 0.25) is 0 Å². The predicted octanol–water partition coefficient (Wildman–Crippen LogP) is 4.35. The monoisotopic (exact) mass is 546 g/mol. The highest BCUT2D eigenvalue weighted by atomic mass is 32.2. The summed E-state index contributed by atoms with van der Waals surface area (Å²) in [5.41, 5.74) is 1.41. The summed E-state index contributed by atoms with van der Waals surface area (Å²) >= 11 is 0. The van der Waals surface area contributed by atoms with E-state index in [1.165, 1.54) is 4.90 Å². The molecule has 2 amide bonds. The highest BCUT2D eigenvalue weighted by Crippen LogP contribution is 2.47. The molecule has 11 heteroatoms. The Hall–Kier alpha value is -2.79. The second-order valence-corrected chi connectivity index (χ2v) is 12.4. The number of fused-ring (bicyclic) bond motifs is 2. The van der Waals surface area contributed by atoms with Crippen molar-refractivity contribution in [3.8, 4) is 0 Å². The van der Waals surface area contributed by atoms with Gasteiger partial charge >= 0.3 is 11.4 Å². The Morgan fingerprint density at radius 1 is 1.21 bits per heavy atom. The maximum atomic E-state index is 14.0. The van der Waals surface area contributed by atoms with Gasteiger partial charge in [-0.25, -0.2) is 4.21 Å². The van der Waals surface area contributed by atoms with Crippen molar-refractivity contribution in [2.75, 3.05) is 31.6 Å². The van der Waals surface area contributed by atoms with Crippen LogP contribution in [0.15, 0.2) is 35.4 Å². The fourth-order valence-corrected chi connectivity index (χ4v) is 7.25. The van der Waals surface area contributed by atoms with Crippen LogP contribution < -0.4 is 4.90 Å². The Bertz CT molecular complexity index is 1350. The number of carbonyl (C=O) groups excluding carboxylic acids is 2. The van der Waals surface area contributed by atoms with Gasteiger partial charge in [0.2, 0.25) is 5.91 Å². The molecule has 202 valence electrons. The van der Waals surface area contributed by atoms with Gasteiger partial charge in [-0.05, 0) is 54.6 Å². The highest BCUT2D eigenvalue weighted by Gasteiger charge is 2.49. The second kappa shape index (κ2) is 9.15. The SMILES string of the molecule is CN1C(=O)S(=O)c2ccc(CN3CCC(CC4CC4)(C(=O)N4CCc5ncc(C(F)(F)F)cc5C4)C3)cc21. The molecular formula is C27H29F3N4O3S. The Morgan fingerprint density at radius 2 is 2.00 bits per heavy atom. The molecule has 2 aromatic rings. The molecule has 7 nitrogen and oxygen atoms in total. The van der Waals surface area contributed by atoms with Crippen LogP contribution >= 0.6 is 0 Å². The molecule has 4 aliphatic rings. The standard InChI is InChI=1S/C27H29F3N4O3S/c1-32-22-10-18(4-5-23(22)38(37)25(32)36)14-33-9-7-26(16-33,12-17-2-3-17)24(35)34-8-6-21-19(15-34)11-20(13-31-21)27(28,29)30/h4-5,10-11,13,17H,2-3,6-9,12,14-16H2,1H3. The van der Waals surface area contributed by atoms with Crippen LogP contribution in [0.3, 0.4) is 0 Å². The number of pyridine rings is 1. The van der Waals surface area contributed by atoms with E-state index in [0.717, 1.165) is 43.6 Å². The minimum Gasteiger partial charge on any atom is -0.337 e. The van der Waals surface area contributed by atoms with E-state index in [9.17, 15) is 27.0 Å². The van der Waals surface area contributed by atoms with E-state index >= 15 is 0 Å². The summed E-state index contributed by atoms with van der Waals surface area (Å²) in [5, 5.41) is -0.423. The van der Waals surface area contributed by atoms with Gasteiger partial charge in [-0.1, -0.05) is 18.9 Å². The summed E-state index contributed by atoms with van der Waals surface area (Å²) < 4.78 is 52.0. The number of amides is 2. The number of nitrogens with zero attached hydrogens (tertiary/aromatic N) is 4. The van der Waals surface area contributed by atoms with Crippen molar-refractivity contribution in [1.82, 2.24) is 14.8 Å². The van der Waals surface area contributed by atoms with Crippen LogP contribution in [0.25, 0.3) is 0 Å². The van der Waals surface area contributed by atoms with E-state index < -0.39 is 33.2 Å². The third kappa shape index (κ3) is 4.53. The molecule has 0 bridgehead atoms. The van der Waals surface area contributed by atoms with Gasteiger partial charge in [0.1, 0.15) is 10.8 Å². The average molecular weight is 547 g/mol. The maximum Gasteiger partial charge on any atom is 0.417 e. The number of carbonyl (C=O) groups is 2. The Balaban J connectivity index is 1.20. The van der Waals surface area contributed by atoms with E-state index in [0.29, 0.717) is 60.2 Å². The van der Waals surface area contributed by atoms with Crippen LogP contribution in [0, 0.1) is 11.3 Å². The number of benzene rings is 1. The van der Waals surface area contributed by atoms with E-state index in [1.54, 1.807) is 18.0 Å². The quantitative estimate of drug-likeness (QED) is 0.558. The fourth-order valence-electron chi connectivity index (χ4n) is 6.14. The van der Waals surface area contributed by atoms with Crippen molar-refractivity contribution < 1.29 is 27.0 Å². The van der Waals surface area contributed by atoms with Gasteiger partial charge in [0.05, 0.1) is 21.6 Å². The summed E-state index contributed by atoms with van der Waals surface area (Å²) in [6, 6.07) is 6.67. The first kappa shape index (κ1) is 25.5. The molecule has 1 aliphatic carbocycles. The Labute approximate surface area is 221 Å². The van der Waals surface area contributed by atoms with Gasteiger partial charge in [-0.3, -0.25) is 19.5 Å². The van der Waals surface area contributed by atoms with E-state index in [4.69, 9.17) is 0 Å². The number of alkyl halides is 3. The topological polar surface area (TPSA) is 73.8 Å². The maximum absolute atomic E-state index is 14.0. The molecule has 3 aliphatic heterocycles. The van der Waals surface area contributed by atoms with Gasteiger partial charge in [0, 0.05) is 51.5 Å². The molecule has 6 rings (SSSR count). The zero-order chi connectivity index (χ0) is 26.8. The smallest absolute Gasteiger partial charge is 0.337 e. The highest BCUT2D eigenvalue weighted by molar-refractivity contribution is 8.01. The second-order valence-electron chi connectivity index (χ2n) is 11.1. The molecule has 1 saturated carbocycles. The van der Waals surface area contributed by atoms with Crippen LogP contribution in [0.1, 0.15) is 48.1 Å². The van der Waals surface area contributed by atoms with Gasteiger partial charge < -0.3 is 9.80 Å². The zero-order valence-electron chi connectivity index (χ0n) is 21.1. The first-order chi connectivity index (χ1) is 18.0. The van der Waals surface area contributed by atoms with E-state index in [-0.39, 0.29) is 12.5 Å². The lowest BCUT2D eigenvalue weighted by molar-refractivity contribution is -0.143.